The number of carbonyl (C=O) groups is 3. The average Bonchev–Trinajstić information content (AvgIpc) is 2.92. The summed E-state index contributed by atoms with van der Waals surface area (Å²) in [5.41, 5.74) is 2.88. The maximum absolute atomic E-state index is 14.2. The van der Waals surface area contributed by atoms with Crippen LogP contribution in [0.3, 0.4) is 0 Å². The second kappa shape index (κ2) is 11.1. The molecule has 0 fully saturated rings. The Morgan fingerprint density at radius 1 is 0.833 bits per heavy atom. The number of carbonyl (C=O) groups excluding carboxylic acids is 3. The summed E-state index contributed by atoms with van der Waals surface area (Å²) in [4.78, 5) is 41.4. The number of rotatable bonds is 7. The summed E-state index contributed by atoms with van der Waals surface area (Å²) < 4.78 is 19.0. The van der Waals surface area contributed by atoms with Crippen LogP contribution in [0.5, 0.6) is 0 Å². The molecule has 0 unspecified atom stereocenters. The lowest BCUT2D eigenvalue weighted by molar-refractivity contribution is 0.0600. The summed E-state index contributed by atoms with van der Waals surface area (Å²) in [5.74, 6) is -1.71. The first-order chi connectivity index (χ1) is 17.4. The Hall–Kier alpha value is -4.85. The van der Waals surface area contributed by atoms with Gasteiger partial charge in [0, 0.05) is 41.3 Å². The number of nitrogens with zero attached hydrogens (tertiary/aromatic N) is 1. The minimum Gasteiger partial charge on any atom is -0.465 e. The fraction of sp³-hybridized carbons (Fsp3) is 0.0714. The van der Waals surface area contributed by atoms with Gasteiger partial charge in [-0.2, -0.15) is 0 Å². The number of halogens is 1. The molecule has 1 aromatic heterocycles. The van der Waals surface area contributed by atoms with Gasteiger partial charge in [0.25, 0.3) is 11.8 Å². The largest absolute Gasteiger partial charge is 0.465 e. The fourth-order valence-electron chi connectivity index (χ4n) is 3.62. The van der Waals surface area contributed by atoms with E-state index in [2.05, 4.69) is 15.6 Å². The van der Waals surface area contributed by atoms with Crippen LogP contribution in [-0.2, 0) is 11.3 Å². The molecule has 4 rings (SSSR count). The Balaban J connectivity index is 1.52. The van der Waals surface area contributed by atoms with E-state index in [1.807, 2.05) is 0 Å². The number of pyridine rings is 1. The van der Waals surface area contributed by atoms with E-state index in [1.54, 1.807) is 66.7 Å². The molecule has 0 saturated carbocycles. The van der Waals surface area contributed by atoms with Gasteiger partial charge in [0.1, 0.15) is 5.82 Å². The molecule has 7 nitrogen and oxygen atoms in total. The number of hydrogen-bond donors (Lipinski definition) is 2. The van der Waals surface area contributed by atoms with Crippen LogP contribution in [0.25, 0.3) is 11.1 Å². The van der Waals surface area contributed by atoms with E-state index in [-0.39, 0.29) is 29.7 Å². The first-order valence-corrected chi connectivity index (χ1v) is 11.0. The number of methoxy groups -OCH3 is 1. The highest BCUT2D eigenvalue weighted by atomic mass is 19.1. The third kappa shape index (κ3) is 5.79. The zero-order chi connectivity index (χ0) is 25.5. The number of anilines is 1. The number of nitrogens with one attached hydrogen (secondary N) is 2. The summed E-state index contributed by atoms with van der Waals surface area (Å²) >= 11 is 0. The zero-order valence-electron chi connectivity index (χ0n) is 19.3. The van der Waals surface area contributed by atoms with Crippen molar-refractivity contribution < 1.29 is 23.5 Å². The van der Waals surface area contributed by atoms with E-state index < -0.39 is 5.97 Å². The quantitative estimate of drug-likeness (QED) is 0.366. The standard InChI is InChI=1S/C28H22FN3O4/c1-36-28(35)22-13-18(14-23(16-22)32-27(34)19-9-11-30-12-10-19)17-31-26(33)21-6-4-5-20(15-21)24-7-2-3-8-25(24)29/h2-16H,17H2,1H3,(H,31,33)(H,32,34). The highest BCUT2D eigenvalue weighted by molar-refractivity contribution is 6.05. The van der Waals surface area contributed by atoms with Gasteiger partial charge in [0.05, 0.1) is 12.7 Å². The molecule has 8 heteroatoms. The molecule has 36 heavy (non-hydrogen) atoms. The van der Waals surface area contributed by atoms with Gasteiger partial charge in [0.15, 0.2) is 0 Å². The van der Waals surface area contributed by atoms with Crippen molar-refractivity contribution in [2.45, 2.75) is 6.54 Å². The average molecular weight is 483 g/mol. The Bertz CT molecular complexity index is 1420. The van der Waals surface area contributed by atoms with Gasteiger partial charge in [-0.1, -0.05) is 30.3 Å². The van der Waals surface area contributed by atoms with E-state index in [9.17, 15) is 18.8 Å². The normalized spacial score (nSPS) is 10.4. The van der Waals surface area contributed by atoms with Crippen LogP contribution in [0, 0.1) is 5.82 Å². The van der Waals surface area contributed by atoms with E-state index in [4.69, 9.17) is 4.74 Å². The molecule has 2 amide bonds. The molecule has 0 aliphatic rings. The highest BCUT2D eigenvalue weighted by Gasteiger charge is 2.14. The third-order valence-corrected chi connectivity index (χ3v) is 5.38. The second-order valence-corrected chi connectivity index (χ2v) is 7.84. The lowest BCUT2D eigenvalue weighted by Gasteiger charge is -2.12. The van der Waals surface area contributed by atoms with Crippen molar-refractivity contribution in [3.8, 4) is 11.1 Å². The van der Waals surface area contributed by atoms with Gasteiger partial charge in [-0.05, 0) is 59.7 Å². The smallest absolute Gasteiger partial charge is 0.337 e. The first kappa shape index (κ1) is 24.3. The van der Waals surface area contributed by atoms with Crippen molar-refractivity contribution in [3.05, 3.63) is 119 Å². The van der Waals surface area contributed by atoms with Gasteiger partial charge in [-0.15, -0.1) is 0 Å². The van der Waals surface area contributed by atoms with Crippen molar-refractivity contribution >= 4 is 23.5 Å². The number of amides is 2. The molecule has 180 valence electrons. The maximum Gasteiger partial charge on any atom is 0.337 e. The maximum atomic E-state index is 14.2. The van der Waals surface area contributed by atoms with Crippen molar-refractivity contribution in [3.63, 3.8) is 0 Å². The molecule has 0 saturated heterocycles. The summed E-state index contributed by atoms with van der Waals surface area (Å²) in [5, 5.41) is 5.54. The molecule has 0 aliphatic carbocycles. The molecule has 0 spiro atoms. The summed E-state index contributed by atoms with van der Waals surface area (Å²) in [6.45, 7) is 0.0751. The number of hydrogen-bond acceptors (Lipinski definition) is 5. The van der Waals surface area contributed by atoms with E-state index in [0.29, 0.717) is 33.5 Å². The molecule has 1 heterocycles. The molecule has 0 aliphatic heterocycles. The molecule has 2 N–H and O–H groups in total. The molecule has 0 atom stereocenters. The first-order valence-electron chi connectivity index (χ1n) is 11.0. The summed E-state index contributed by atoms with van der Waals surface area (Å²) in [6.07, 6.45) is 3.00. The lowest BCUT2D eigenvalue weighted by Crippen LogP contribution is -2.23. The van der Waals surface area contributed by atoms with Crippen molar-refractivity contribution in [2.24, 2.45) is 0 Å². The van der Waals surface area contributed by atoms with Gasteiger partial charge >= 0.3 is 5.97 Å². The molecule has 0 radical (unpaired) electrons. The third-order valence-electron chi connectivity index (χ3n) is 5.38. The Kier molecular flexibility index (Phi) is 7.45. The predicted molar refractivity (Wildman–Crippen MR) is 133 cm³/mol. The van der Waals surface area contributed by atoms with E-state index in [0.717, 1.165) is 0 Å². The number of benzene rings is 3. The Morgan fingerprint density at radius 2 is 1.61 bits per heavy atom. The van der Waals surface area contributed by atoms with Gasteiger partial charge in [-0.25, -0.2) is 9.18 Å². The fourth-order valence-corrected chi connectivity index (χ4v) is 3.62. The van der Waals surface area contributed by atoms with Crippen molar-refractivity contribution in [2.75, 3.05) is 12.4 Å². The predicted octanol–water partition coefficient (Wildman–Crippen LogP) is 4.86. The van der Waals surface area contributed by atoms with Crippen LogP contribution in [0.2, 0.25) is 0 Å². The minimum absolute atomic E-state index is 0.0751. The topological polar surface area (TPSA) is 97.4 Å². The second-order valence-electron chi connectivity index (χ2n) is 7.84. The minimum atomic E-state index is -0.583. The molecular formula is C28H22FN3O4. The molecule has 4 aromatic rings. The van der Waals surface area contributed by atoms with Crippen LogP contribution in [0.1, 0.15) is 36.6 Å². The molecular weight excluding hydrogens is 461 g/mol. The van der Waals surface area contributed by atoms with E-state index >= 15 is 0 Å². The van der Waals surface area contributed by atoms with E-state index in [1.165, 1.54) is 31.6 Å². The number of esters is 1. The highest BCUT2D eigenvalue weighted by Crippen LogP contribution is 2.23. The van der Waals surface area contributed by atoms with Crippen LogP contribution >= 0.6 is 0 Å². The SMILES string of the molecule is COC(=O)c1cc(CNC(=O)c2cccc(-c3ccccc3F)c2)cc(NC(=O)c2ccncc2)c1. The van der Waals surface area contributed by atoms with Crippen LogP contribution in [0.4, 0.5) is 10.1 Å². The zero-order valence-corrected chi connectivity index (χ0v) is 19.3. The lowest BCUT2D eigenvalue weighted by atomic mass is 10.0. The van der Waals surface area contributed by atoms with Gasteiger partial charge < -0.3 is 15.4 Å². The Morgan fingerprint density at radius 3 is 2.36 bits per heavy atom. The number of aromatic nitrogens is 1. The summed E-state index contributed by atoms with van der Waals surface area (Å²) in [7, 11) is 1.26. The van der Waals surface area contributed by atoms with Gasteiger partial charge in [0.2, 0.25) is 0 Å². The summed E-state index contributed by atoms with van der Waals surface area (Å²) in [6, 6.07) is 20.8. The Labute approximate surface area is 207 Å². The van der Waals surface area contributed by atoms with Crippen LogP contribution in [0.15, 0.2) is 91.3 Å². The van der Waals surface area contributed by atoms with Crippen molar-refractivity contribution in [1.82, 2.24) is 10.3 Å². The molecule has 0 bridgehead atoms. The van der Waals surface area contributed by atoms with Crippen LogP contribution in [-0.4, -0.2) is 29.9 Å². The van der Waals surface area contributed by atoms with Crippen molar-refractivity contribution in [1.29, 1.82) is 0 Å². The van der Waals surface area contributed by atoms with Gasteiger partial charge in [-0.3, -0.25) is 14.6 Å². The monoisotopic (exact) mass is 483 g/mol. The molecule has 3 aromatic carbocycles. The van der Waals surface area contributed by atoms with Crippen LogP contribution < -0.4 is 10.6 Å². The number of ether oxygens (including phenoxy) is 1.